The van der Waals surface area contributed by atoms with E-state index in [2.05, 4.69) is 36.7 Å². The third-order valence-electron chi connectivity index (χ3n) is 6.81. The summed E-state index contributed by atoms with van der Waals surface area (Å²) >= 11 is 0. The molecule has 0 bridgehead atoms. The number of hydrogen-bond acceptors (Lipinski definition) is 6. The molecule has 7 atom stereocenters. The Labute approximate surface area is 239 Å². The summed E-state index contributed by atoms with van der Waals surface area (Å²) < 4.78 is 6.21. The van der Waals surface area contributed by atoms with Crippen LogP contribution in [0.2, 0.25) is 0 Å². The maximum absolute atomic E-state index is 12.7. The fraction of sp³-hybridized carbons (Fsp3) is 0.783. The molecule has 3 amide bonds. The molecule has 0 aromatic rings. The van der Waals surface area contributed by atoms with Crippen LogP contribution in [0.1, 0.15) is 53.4 Å². The minimum absolute atomic E-state index is 0. The quantitative estimate of drug-likeness (QED) is 0.219. The Morgan fingerprint density at radius 1 is 1.24 bits per heavy atom. The van der Waals surface area contributed by atoms with Crippen LogP contribution in [0.15, 0.2) is 0 Å². The summed E-state index contributed by atoms with van der Waals surface area (Å²) in [5.41, 5.74) is 0. The molecule has 193 valence electrons. The van der Waals surface area contributed by atoms with Crippen LogP contribution in [0.25, 0.3) is 5.32 Å². The fourth-order valence-electron chi connectivity index (χ4n) is 4.92. The molecule has 2 unspecified atom stereocenters. The van der Waals surface area contributed by atoms with E-state index in [4.69, 9.17) is 10.1 Å². The van der Waals surface area contributed by atoms with Crippen molar-refractivity contribution in [1.82, 2.24) is 15.5 Å². The molecule has 3 fully saturated rings. The molecular formula is C23H40AcN5O5-3. The molecule has 0 aliphatic carbocycles. The number of likely N-dealkylation sites (tertiary alicyclic amines) is 1. The van der Waals surface area contributed by atoms with Gasteiger partial charge in [-0.2, -0.15) is 0 Å². The van der Waals surface area contributed by atoms with Crippen LogP contribution in [-0.4, -0.2) is 79.0 Å². The molecule has 3 rings (SSSR count). The molecule has 0 aromatic heterocycles. The average molecular weight is 694 g/mol. The second-order valence-corrected chi connectivity index (χ2v) is 8.84. The molecule has 3 heterocycles. The topological polar surface area (TPSA) is 149 Å². The second kappa shape index (κ2) is 15.4. The molecule has 3 saturated heterocycles. The van der Waals surface area contributed by atoms with E-state index in [0.29, 0.717) is 12.3 Å². The van der Waals surface area contributed by atoms with Crippen LogP contribution in [0, 0.1) is 68.7 Å². The summed E-state index contributed by atoms with van der Waals surface area (Å²) in [6.07, 6.45) is 3.21. The summed E-state index contributed by atoms with van der Waals surface area (Å²) in [4.78, 5) is 37.8. The Morgan fingerprint density at radius 3 is 2.32 bits per heavy atom. The predicted molar refractivity (Wildman–Crippen MR) is 124 cm³/mol. The first-order chi connectivity index (χ1) is 15.1. The van der Waals surface area contributed by atoms with Crippen molar-refractivity contribution >= 4 is 23.6 Å². The first kappa shape index (κ1) is 33.2. The Morgan fingerprint density at radius 2 is 1.88 bits per heavy atom. The van der Waals surface area contributed by atoms with Gasteiger partial charge in [-0.3, -0.25) is 14.4 Å². The zero-order chi connectivity index (χ0) is 24.0. The van der Waals surface area contributed by atoms with Crippen molar-refractivity contribution in [3.8, 4) is 0 Å². The van der Waals surface area contributed by atoms with Gasteiger partial charge < -0.3 is 43.5 Å². The first-order valence-electron chi connectivity index (χ1n) is 11.5. The van der Waals surface area contributed by atoms with Gasteiger partial charge in [-0.05, 0) is 18.3 Å². The van der Waals surface area contributed by atoms with Crippen LogP contribution < -0.4 is 15.7 Å². The first-order valence-corrected chi connectivity index (χ1v) is 11.5. The van der Waals surface area contributed by atoms with Crippen molar-refractivity contribution in [2.24, 2.45) is 11.8 Å². The molecule has 0 saturated carbocycles. The van der Waals surface area contributed by atoms with Crippen molar-refractivity contribution in [2.75, 3.05) is 20.1 Å². The van der Waals surface area contributed by atoms with E-state index in [9.17, 15) is 19.5 Å². The monoisotopic (exact) mass is 693 g/mol. The summed E-state index contributed by atoms with van der Waals surface area (Å²) in [5, 5.41) is 25.9. The largest absolute Gasteiger partial charge is 0.863 e. The molecular weight excluding hydrogens is 653 g/mol. The van der Waals surface area contributed by atoms with Gasteiger partial charge in [0.2, 0.25) is 17.7 Å². The predicted octanol–water partition coefficient (Wildman–Crippen LogP) is 0.598. The standard InChI is InChI=1S/C17H29N3O4.C5H9N2O.CH3.Ac/c1-6-13-9(2)10(3)16-14(24-13)7-12(17(23)18-5)20(16)15(22)8-19-11(4)21;6-5(8)4-2-1-3-7-4;;/h9-10,12-14,16H,6-8H2,1-5H3,(H,18,23)(H,19,21);4H,1-3H2,(H2,6,8);1H3;/q;2*-1;/p-1/t9-,10-,12-,13?,14+,16?;4-;;/m00../s1. The van der Waals surface area contributed by atoms with Crippen molar-refractivity contribution in [2.45, 2.75) is 83.7 Å². The number of amides is 3. The van der Waals surface area contributed by atoms with Crippen LogP contribution in [0.4, 0.5) is 0 Å². The van der Waals surface area contributed by atoms with Gasteiger partial charge in [0.15, 0.2) is 0 Å². The SMILES string of the molecule is CCC1O[C@@H]2C[C@@H](C(=O)NC)N(C(=O)CNC(C)=O)C2[C@@H](C)[C@@H]1C.N=C([O-])[C@@H]1CCC[N-]1.[Ac].[CH3-]. The second-order valence-electron chi connectivity index (χ2n) is 8.84. The number of nitrogens with zero attached hydrogens (tertiary/aromatic N) is 2. The van der Waals surface area contributed by atoms with Gasteiger partial charge in [-0.15, -0.1) is 12.6 Å². The van der Waals surface area contributed by atoms with Crippen molar-refractivity contribution in [3.05, 3.63) is 12.7 Å². The average Bonchev–Trinajstić information content (AvgIpc) is 3.42. The van der Waals surface area contributed by atoms with Gasteiger partial charge in [-0.1, -0.05) is 39.5 Å². The van der Waals surface area contributed by atoms with E-state index >= 15 is 0 Å². The minimum Gasteiger partial charge on any atom is -0.863 e. The summed E-state index contributed by atoms with van der Waals surface area (Å²) in [6, 6.07) is -0.960. The fourth-order valence-corrected chi connectivity index (χ4v) is 4.92. The smallest absolute Gasteiger partial charge is 0.243 e. The normalized spacial score (nSPS) is 31.6. The zero-order valence-corrected chi connectivity index (χ0v) is 26.0. The van der Waals surface area contributed by atoms with Gasteiger partial charge >= 0.3 is 0 Å². The van der Waals surface area contributed by atoms with Gasteiger partial charge in [0.1, 0.15) is 6.04 Å². The number of carbonyl (C=O) groups is 3. The number of likely N-dealkylation sites (N-methyl/N-ethyl adjacent to an activating group) is 1. The molecule has 34 heavy (non-hydrogen) atoms. The molecule has 3 aliphatic heterocycles. The zero-order valence-electron chi connectivity index (χ0n) is 21.3. The molecule has 3 N–H and O–H groups in total. The van der Waals surface area contributed by atoms with Gasteiger partial charge in [0.25, 0.3) is 0 Å². The van der Waals surface area contributed by atoms with Crippen molar-refractivity contribution in [3.63, 3.8) is 0 Å². The van der Waals surface area contributed by atoms with Gasteiger partial charge in [-0.25, -0.2) is 0 Å². The number of fused-ring (bicyclic) bond motifs is 1. The number of hydrogen-bond donors (Lipinski definition) is 3. The van der Waals surface area contributed by atoms with E-state index in [0.717, 1.165) is 25.8 Å². The van der Waals surface area contributed by atoms with E-state index < -0.39 is 11.9 Å². The third-order valence-corrected chi connectivity index (χ3v) is 6.81. The summed E-state index contributed by atoms with van der Waals surface area (Å²) in [6.45, 7) is 8.41. The summed E-state index contributed by atoms with van der Waals surface area (Å²) in [7, 11) is 1.57. The van der Waals surface area contributed by atoms with Gasteiger partial charge in [0, 0.05) is 64.5 Å². The van der Waals surface area contributed by atoms with Crippen LogP contribution >= 0.6 is 0 Å². The molecule has 3 aliphatic rings. The molecule has 10 nitrogen and oxygen atoms in total. The Bertz CT molecular complexity index is 703. The molecule has 0 spiro atoms. The van der Waals surface area contributed by atoms with E-state index in [1.165, 1.54) is 6.92 Å². The molecule has 0 aromatic carbocycles. The van der Waals surface area contributed by atoms with Crippen molar-refractivity contribution < 1.29 is 68.3 Å². The van der Waals surface area contributed by atoms with Crippen LogP contribution in [0.3, 0.4) is 0 Å². The van der Waals surface area contributed by atoms with E-state index in [-0.39, 0.29) is 106 Å². The number of rotatable bonds is 5. The third kappa shape index (κ3) is 8.14. The van der Waals surface area contributed by atoms with Crippen molar-refractivity contribution in [1.29, 1.82) is 5.41 Å². The Kier molecular flexibility index (Phi) is 15.0. The Balaban J connectivity index is 0.000000927. The van der Waals surface area contributed by atoms with E-state index in [1.807, 2.05) is 0 Å². The molecule has 11 heteroatoms. The van der Waals surface area contributed by atoms with Gasteiger partial charge in [0.05, 0.1) is 24.8 Å². The maximum atomic E-state index is 12.7. The number of carbonyl (C=O) groups excluding carboxylic acids is 3. The maximum Gasteiger partial charge on any atom is 0.243 e. The number of ether oxygens (including phenoxy) is 1. The molecule has 1 radical (unpaired) electrons. The van der Waals surface area contributed by atoms with Crippen LogP contribution in [0.5, 0.6) is 0 Å². The number of nitrogens with one attached hydrogen (secondary N) is 3. The minimum atomic E-state index is -0.545. The van der Waals surface area contributed by atoms with E-state index in [1.54, 1.807) is 11.9 Å². The Hall–Kier alpha value is -0.758. The van der Waals surface area contributed by atoms with Crippen LogP contribution in [-0.2, 0) is 19.1 Å². The summed E-state index contributed by atoms with van der Waals surface area (Å²) in [5.74, 6) is -0.674.